The normalized spacial score (nSPS) is 21.4. The molecule has 0 aliphatic carbocycles. The Kier molecular flexibility index (Phi) is 4.54. The van der Waals surface area contributed by atoms with Crippen LogP contribution < -0.4 is 0 Å². The molecule has 0 bridgehead atoms. The van der Waals surface area contributed by atoms with Crippen molar-refractivity contribution in [2.24, 2.45) is 7.05 Å². The highest BCUT2D eigenvalue weighted by atomic mass is 32.1. The molecule has 6 nitrogen and oxygen atoms in total. The Morgan fingerprint density at radius 3 is 2.77 bits per heavy atom. The Bertz CT molecular complexity index is 619. The van der Waals surface area contributed by atoms with Crippen LogP contribution in [0.1, 0.15) is 68.0 Å². The van der Waals surface area contributed by atoms with Gasteiger partial charge in [0.05, 0.1) is 16.7 Å². The molecule has 1 aliphatic rings. The minimum atomic E-state index is 0.243. The Labute approximate surface area is 135 Å². The molecule has 0 spiro atoms. The molecule has 1 fully saturated rings. The number of aromatic nitrogens is 5. The Balaban J connectivity index is 1.72. The van der Waals surface area contributed by atoms with Crippen LogP contribution in [0, 0.1) is 0 Å². The second-order valence-corrected chi connectivity index (χ2v) is 7.33. The van der Waals surface area contributed by atoms with E-state index >= 15 is 0 Å². The maximum Gasteiger partial charge on any atom is 0.167 e. The monoisotopic (exact) mass is 320 g/mol. The zero-order valence-corrected chi connectivity index (χ0v) is 14.5. The molecule has 0 amide bonds. The van der Waals surface area contributed by atoms with Gasteiger partial charge in [-0.1, -0.05) is 13.8 Å². The molecule has 2 aromatic heterocycles. The Morgan fingerprint density at radius 2 is 2.14 bits per heavy atom. The number of tetrazole rings is 1. The molecule has 1 saturated heterocycles. The smallest absolute Gasteiger partial charge is 0.167 e. The van der Waals surface area contributed by atoms with Gasteiger partial charge in [0.25, 0.3) is 0 Å². The number of hydrogen-bond acceptors (Lipinski definition) is 6. The summed E-state index contributed by atoms with van der Waals surface area (Å²) in [5.74, 6) is 1.98. The molecule has 0 saturated carbocycles. The number of thiazole rings is 1. The third kappa shape index (κ3) is 3.05. The van der Waals surface area contributed by atoms with Crippen LogP contribution >= 0.6 is 11.3 Å². The summed E-state index contributed by atoms with van der Waals surface area (Å²) in [6.07, 6.45) is 2.43. The SMILES string of the molecule is CC(C)c1csc([C@@H]2CCCN([C@@H](C)c3nnnn3C)C2)n1. The van der Waals surface area contributed by atoms with Gasteiger partial charge in [0.2, 0.25) is 0 Å². The second kappa shape index (κ2) is 6.42. The van der Waals surface area contributed by atoms with Gasteiger partial charge in [0.1, 0.15) is 0 Å². The summed E-state index contributed by atoms with van der Waals surface area (Å²) < 4.78 is 1.77. The van der Waals surface area contributed by atoms with Crippen molar-refractivity contribution in [3.8, 4) is 0 Å². The largest absolute Gasteiger partial charge is 0.293 e. The standard InChI is InChI=1S/C15H24N6S/c1-10(2)13-9-22-15(16-13)12-6-5-7-21(8-12)11(3)14-17-18-19-20(14)4/h9-12H,5-8H2,1-4H3/t11-,12+/m0/s1. The van der Waals surface area contributed by atoms with Crippen LogP contribution in [0.5, 0.6) is 0 Å². The minimum absolute atomic E-state index is 0.243. The van der Waals surface area contributed by atoms with Gasteiger partial charge in [-0.05, 0) is 42.7 Å². The summed E-state index contributed by atoms with van der Waals surface area (Å²) in [6, 6.07) is 0.243. The van der Waals surface area contributed by atoms with Crippen molar-refractivity contribution in [1.29, 1.82) is 0 Å². The van der Waals surface area contributed by atoms with Gasteiger partial charge in [-0.2, -0.15) is 0 Å². The maximum atomic E-state index is 4.85. The second-order valence-electron chi connectivity index (χ2n) is 6.44. The van der Waals surface area contributed by atoms with Crippen LogP contribution in [-0.4, -0.2) is 43.2 Å². The highest BCUT2D eigenvalue weighted by Gasteiger charge is 2.29. The van der Waals surface area contributed by atoms with E-state index in [1.165, 1.54) is 23.5 Å². The number of hydrogen-bond donors (Lipinski definition) is 0. The fraction of sp³-hybridized carbons (Fsp3) is 0.733. The van der Waals surface area contributed by atoms with Gasteiger partial charge in [0.15, 0.2) is 5.82 Å². The molecule has 0 unspecified atom stereocenters. The summed E-state index contributed by atoms with van der Waals surface area (Å²) in [4.78, 5) is 7.34. The van der Waals surface area contributed by atoms with Crippen LogP contribution in [0.3, 0.4) is 0 Å². The molecule has 120 valence electrons. The van der Waals surface area contributed by atoms with E-state index in [1.807, 2.05) is 18.4 Å². The lowest BCUT2D eigenvalue weighted by Crippen LogP contribution is -2.37. The predicted molar refractivity (Wildman–Crippen MR) is 87.0 cm³/mol. The molecular formula is C15H24N6S. The van der Waals surface area contributed by atoms with E-state index in [0.717, 1.165) is 18.9 Å². The molecule has 3 rings (SSSR count). The Morgan fingerprint density at radius 1 is 1.32 bits per heavy atom. The molecular weight excluding hydrogens is 296 g/mol. The molecule has 7 heteroatoms. The molecule has 0 N–H and O–H groups in total. The van der Waals surface area contributed by atoms with E-state index in [1.54, 1.807) is 4.68 Å². The fourth-order valence-electron chi connectivity index (χ4n) is 3.07. The summed E-state index contributed by atoms with van der Waals surface area (Å²) in [5, 5.41) is 15.4. The molecule has 2 aromatic rings. The lowest BCUT2D eigenvalue weighted by Gasteiger charge is -2.35. The van der Waals surface area contributed by atoms with Crippen molar-refractivity contribution in [2.45, 2.75) is 51.5 Å². The van der Waals surface area contributed by atoms with Crippen LogP contribution in [-0.2, 0) is 7.05 Å². The quantitative estimate of drug-likeness (QED) is 0.867. The van der Waals surface area contributed by atoms with Gasteiger partial charge >= 0.3 is 0 Å². The van der Waals surface area contributed by atoms with E-state index < -0.39 is 0 Å². The lowest BCUT2D eigenvalue weighted by atomic mass is 9.97. The van der Waals surface area contributed by atoms with Crippen molar-refractivity contribution in [2.75, 3.05) is 13.1 Å². The summed E-state index contributed by atoms with van der Waals surface area (Å²) in [5.41, 5.74) is 1.22. The average Bonchev–Trinajstić information content (AvgIpc) is 3.15. The summed E-state index contributed by atoms with van der Waals surface area (Å²) >= 11 is 1.82. The molecule has 0 aromatic carbocycles. The first kappa shape index (κ1) is 15.6. The first-order chi connectivity index (χ1) is 10.6. The van der Waals surface area contributed by atoms with E-state index in [2.05, 4.69) is 46.6 Å². The average molecular weight is 320 g/mol. The molecule has 3 heterocycles. The fourth-order valence-corrected chi connectivity index (χ4v) is 4.18. The summed E-state index contributed by atoms with van der Waals surface area (Å²) in [7, 11) is 1.91. The highest BCUT2D eigenvalue weighted by Crippen LogP contribution is 2.33. The van der Waals surface area contributed by atoms with E-state index in [9.17, 15) is 0 Å². The number of aryl methyl sites for hydroxylation is 1. The van der Waals surface area contributed by atoms with Gasteiger partial charge < -0.3 is 0 Å². The first-order valence-corrected chi connectivity index (χ1v) is 8.86. The number of rotatable bonds is 4. The van der Waals surface area contributed by atoms with Crippen LogP contribution in [0.15, 0.2) is 5.38 Å². The first-order valence-electron chi connectivity index (χ1n) is 7.98. The molecule has 22 heavy (non-hydrogen) atoms. The number of piperidine rings is 1. The maximum absolute atomic E-state index is 4.85. The van der Waals surface area contributed by atoms with Crippen molar-refractivity contribution in [3.05, 3.63) is 21.9 Å². The van der Waals surface area contributed by atoms with Gasteiger partial charge in [-0.3, -0.25) is 4.90 Å². The van der Waals surface area contributed by atoms with Gasteiger partial charge in [-0.25, -0.2) is 9.67 Å². The molecule has 1 aliphatic heterocycles. The zero-order chi connectivity index (χ0) is 15.7. The van der Waals surface area contributed by atoms with Crippen LogP contribution in [0.25, 0.3) is 0 Å². The summed E-state index contributed by atoms with van der Waals surface area (Å²) in [6.45, 7) is 8.74. The van der Waals surface area contributed by atoms with Gasteiger partial charge in [-0.15, -0.1) is 16.4 Å². The van der Waals surface area contributed by atoms with Crippen molar-refractivity contribution in [3.63, 3.8) is 0 Å². The predicted octanol–water partition coefficient (Wildman–Crippen LogP) is 2.73. The van der Waals surface area contributed by atoms with Crippen molar-refractivity contribution >= 4 is 11.3 Å². The lowest BCUT2D eigenvalue weighted by molar-refractivity contribution is 0.150. The molecule has 2 atom stereocenters. The Hall–Kier alpha value is -1.34. The van der Waals surface area contributed by atoms with Crippen LogP contribution in [0.4, 0.5) is 0 Å². The molecule has 0 radical (unpaired) electrons. The van der Waals surface area contributed by atoms with E-state index in [-0.39, 0.29) is 6.04 Å². The number of likely N-dealkylation sites (tertiary alicyclic amines) is 1. The topological polar surface area (TPSA) is 59.7 Å². The zero-order valence-electron chi connectivity index (χ0n) is 13.7. The highest BCUT2D eigenvalue weighted by molar-refractivity contribution is 7.09. The third-order valence-electron chi connectivity index (χ3n) is 4.51. The minimum Gasteiger partial charge on any atom is -0.293 e. The number of nitrogens with zero attached hydrogens (tertiary/aromatic N) is 6. The van der Waals surface area contributed by atoms with Crippen LogP contribution in [0.2, 0.25) is 0 Å². The van der Waals surface area contributed by atoms with E-state index in [4.69, 9.17) is 4.98 Å². The third-order valence-corrected chi connectivity index (χ3v) is 5.53. The van der Waals surface area contributed by atoms with Crippen molar-refractivity contribution < 1.29 is 0 Å². The van der Waals surface area contributed by atoms with Crippen molar-refractivity contribution in [1.82, 2.24) is 30.1 Å². The van der Waals surface area contributed by atoms with Gasteiger partial charge in [0, 0.05) is 24.9 Å². The van der Waals surface area contributed by atoms with E-state index in [0.29, 0.717) is 11.8 Å².